The molecule has 11 heavy (non-hydrogen) atoms. The van der Waals surface area contributed by atoms with Gasteiger partial charge in [0.2, 0.25) is 0 Å². The van der Waals surface area contributed by atoms with Gasteiger partial charge in [-0.1, -0.05) is 11.6 Å². The van der Waals surface area contributed by atoms with Gasteiger partial charge in [-0.25, -0.2) is 0 Å². The summed E-state index contributed by atoms with van der Waals surface area (Å²) in [4.78, 5) is 4.22. The van der Waals surface area contributed by atoms with Gasteiger partial charge >= 0.3 is 0 Å². The second-order valence-corrected chi connectivity index (χ2v) is 2.93. The number of hydrogen-bond acceptors (Lipinski definition) is 2. The molecule has 0 N–H and O–H groups in total. The number of ether oxygens (including phenoxy) is 1. The minimum absolute atomic E-state index is 0.613. The predicted octanol–water partition coefficient (Wildman–Crippen LogP) is 1.81. The molecule has 0 unspecified atom stereocenters. The summed E-state index contributed by atoms with van der Waals surface area (Å²) in [6, 6.07) is 1.80. The van der Waals surface area contributed by atoms with Gasteiger partial charge in [-0.05, 0) is 6.07 Å². The average molecular weight is 170 g/mol. The third-order valence-corrected chi connectivity index (χ3v) is 2.17. The summed E-state index contributed by atoms with van der Waals surface area (Å²) in [5.74, 6) is 0. The lowest BCUT2D eigenvalue weighted by atomic mass is 10.1. The maximum absolute atomic E-state index is 5.92. The van der Waals surface area contributed by atoms with Crippen LogP contribution in [-0.4, -0.2) is 11.6 Å². The van der Waals surface area contributed by atoms with E-state index < -0.39 is 0 Å². The van der Waals surface area contributed by atoms with E-state index in [-0.39, 0.29) is 0 Å². The molecule has 1 aliphatic heterocycles. The van der Waals surface area contributed by atoms with Gasteiger partial charge in [0.05, 0.1) is 13.2 Å². The molecule has 0 spiro atoms. The molecule has 2 nitrogen and oxygen atoms in total. The Balaban J connectivity index is 2.49. The van der Waals surface area contributed by atoms with Gasteiger partial charge in [0.25, 0.3) is 0 Å². The van der Waals surface area contributed by atoms with Crippen LogP contribution in [0.1, 0.15) is 11.3 Å². The fourth-order valence-electron chi connectivity index (χ4n) is 1.22. The highest BCUT2D eigenvalue weighted by molar-refractivity contribution is 6.31. The van der Waals surface area contributed by atoms with Crippen LogP contribution in [0.2, 0.25) is 5.02 Å². The number of pyridine rings is 1. The van der Waals surface area contributed by atoms with E-state index >= 15 is 0 Å². The lowest BCUT2D eigenvalue weighted by molar-refractivity contribution is 0.109. The maximum Gasteiger partial charge on any atom is 0.0749 e. The largest absolute Gasteiger partial charge is 0.376 e. The van der Waals surface area contributed by atoms with Crippen LogP contribution in [-0.2, 0) is 17.8 Å². The topological polar surface area (TPSA) is 22.1 Å². The Morgan fingerprint density at radius 1 is 1.55 bits per heavy atom. The van der Waals surface area contributed by atoms with Crippen LogP contribution >= 0.6 is 11.6 Å². The van der Waals surface area contributed by atoms with Gasteiger partial charge < -0.3 is 4.74 Å². The predicted molar refractivity (Wildman–Crippen MR) is 42.6 cm³/mol. The van der Waals surface area contributed by atoms with Crippen molar-refractivity contribution in [3.05, 3.63) is 28.5 Å². The number of nitrogens with zero attached hydrogens (tertiary/aromatic N) is 1. The molecule has 58 valence electrons. The van der Waals surface area contributed by atoms with Crippen LogP contribution in [0.15, 0.2) is 12.3 Å². The Labute approximate surface area is 70.2 Å². The highest BCUT2D eigenvalue weighted by atomic mass is 35.5. The zero-order chi connectivity index (χ0) is 7.68. The van der Waals surface area contributed by atoms with E-state index in [0.29, 0.717) is 6.61 Å². The van der Waals surface area contributed by atoms with Crippen LogP contribution in [0.25, 0.3) is 0 Å². The quantitative estimate of drug-likeness (QED) is 0.591. The number of rotatable bonds is 0. The first-order chi connectivity index (χ1) is 5.38. The normalized spacial score (nSPS) is 16.1. The zero-order valence-corrected chi connectivity index (χ0v) is 6.77. The Morgan fingerprint density at radius 3 is 3.27 bits per heavy atom. The summed E-state index contributed by atoms with van der Waals surface area (Å²) in [7, 11) is 0. The summed E-state index contributed by atoms with van der Waals surface area (Å²) in [5.41, 5.74) is 2.14. The summed E-state index contributed by atoms with van der Waals surface area (Å²) in [6.07, 6.45) is 2.63. The fraction of sp³-hybridized carbons (Fsp3) is 0.375. The van der Waals surface area contributed by atoms with Crippen molar-refractivity contribution < 1.29 is 4.74 Å². The molecule has 0 fully saturated rings. The lowest BCUT2D eigenvalue weighted by Gasteiger charge is -2.15. The standard InChI is InChI=1S/C8H8ClNO/c9-7-1-3-10-8-2-4-11-5-6(7)8/h1,3H,2,4-5H2. The van der Waals surface area contributed by atoms with Gasteiger partial charge in [0.15, 0.2) is 0 Å². The molecule has 0 atom stereocenters. The van der Waals surface area contributed by atoms with Gasteiger partial charge in [0, 0.05) is 28.9 Å². The first kappa shape index (κ1) is 7.07. The molecule has 2 heterocycles. The van der Waals surface area contributed by atoms with Crippen molar-refractivity contribution in [3.63, 3.8) is 0 Å². The zero-order valence-electron chi connectivity index (χ0n) is 6.01. The van der Waals surface area contributed by atoms with E-state index in [1.54, 1.807) is 12.3 Å². The third kappa shape index (κ3) is 1.24. The Bertz CT molecular complexity index is 275. The number of aromatic nitrogens is 1. The van der Waals surface area contributed by atoms with E-state index in [4.69, 9.17) is 16.3 Å². The van der Waals surface area contributed by atoms with Crippen LogP contribution < -0.4 is 0 Å². The van der Waals surface area contributed by atoms with Crippen LogP contribution in [0.4, 0.5) is 0 Å². The van der Waals surface area contributed by atoms with Crippen molar-refractivity contribution in [1.82, 2.24) is 4.98 Å². The fourth-order valence-corrected chi connectivity index (χ4v) is 1.44. The molecular formula is C8H8ClNO. The van der Waals surface area contributed by atoms with Gasteiger partial charge in [-0.2, -0.15) is 0 Å². The highest BCUT2D eigenvalue weighted by Crippen LogP contribution is 2.22. The smallest absolute Gasteiger partial charge is 0.0749 e. The highest BCUT2D eigenvalue weighted by Gasteiger charge is 2.12. The Kier molecular flexibility index (Phi) is 1.80. The molecule has 1 aliphatic rings. The van der Waals surface area contributed by atoms with Gasteiger partial charge in [-0.3, -0.25) is 4.98 Å². The molecule has 3 heteroatoms. The first-order valence-corrected chi connectivity index (χ1v) is 3.96. The number of fused-ring (bicyclic) bond motifs is 1. The molecule has 1 aromatic heterocycles. The van der Waals surface area contributed by atoms with Gasteiger partial charge in [-0.15, -0.1) is 0 Å². The summed E-state index contributed by atoms with van der Waals surface area (Å²) >= 11 is 5.92. The Morgan fingerprint density at radius 2 is 2.45 bits per heavy atom. The van der Waals surface area contributed by atoms with Gasteiger partial charge in [0.1, 0.15) is 0 Å². The molecular weight excluding hydrogens is 162 g/mol. The van der Waals surface area contributed by atoms with Crippen molar-refractivity contribution in [2.45, 2.75) is 13.0 Å². The molecule has 0 bridgehead atoms. The first-order valence-electron chi connectivity index (χ1n) is 3.58. The molecule has 0 saturated heterocycles. The third-order valence-electron chi connectivity index (χ3n) is 1.82. The van der Waals surface area contributed by atoms with E-state index in [1.807, 2.05) is 0 Å². The minimum atomic E-state index is 0.613. The van der Waals surface area contributed by atoms with Crippen molar-refractivity contribution in [2.24, 2.45) is 0 Å². The Hall–Kier alpha value is -0.600. The second-order valence-electron chi connectivity index (χ2n) is 2.52. The molecule has 0 saturated carbocycles. The molecule has 2 rings (SSSR count). The van der Waals surface area contributed by atoms with Crippen LogP contribution in [0, 0.1) is 0 Å². The number of halogens is 1. The second kappa shape index (κ2) is 2.80. The van der Waals surface area contributed by atoms with Crippen molar-refractivity contribution in [2.75, 3.05) is 6.61 Å². The summed E-state index contributed by atoms with van der Waals surface area (Å²) < 4.78 is 5.25. The minimum Gasteiger partial charge on any atom is -0.376 e. The number of hydrogen-bond donors (Lipinski definition) is 0. The van der Waals surface area contributed by atoms with Crippen molar-refractivity contribution >= 4 is 11.6 Å². The lowest BCUT2D eigenvalue weighted by Crippen LogP contribution is -2.11. The molecule has 1 aromatic rings. The molecule has 0 aliphatic carbocycles. The van der Waals surface area contributed by atoms with E-state index in [2.05, 4.69) is 4.98 Å². The van der Waals surface area contributed by atoms with E-state index in [9.17, 15) is 0 Å². The van der Waals surface area contributed by atoms with Crippen molar-refractivity contribution in [3.8, 4) is 0 Å². The molecule has 0 amide bonds. The maximum atomic E-state index is 5.92. The molecule has 0 radical (unpaired) electrons. The average Bonchev–Trinajstić information content (AvgIpc) is 2.06. The van der Waals surface area contributed by atoms with Crippen molar-refractivity contribution in [1.29, 1.82) is 0 Å². The van der Waals surface area contributed by atoms with E-state index in [1.165, 1.54) is 0 Å². The summed E-state index contributed by atoms with van der Waals surface area (Å²) in [6.45, 7) is 1.38. The monoisotopic (exact) mass is 169 g/mol. The van der Waals surface area contributed by atoms with E-state index in [0.717, 1.165) is 29.3 Å². The summed E-state index contributed by atoms with van der Waals surface area (Å²) in [5, 5.41) is 0.773. The van der Waals surface area contributed by atoms with Crippen LogP contribution in [0.3, 0.4) is 0 Å². The molecule has 0 aromatic carbocycles. The van der Waals surface area contributed by atoms with Crippen LogP contribution in [0.5, 0.6) is 0 Å². The SMILES string of the molecule is Clc1ccnc2c1COCC2.